The summed E-state index contributed by atoms with van der Waals surface area (Å²) in [5.41, 5.74) is 0.406. The first-order valence-electron chi connectivity index (χ1n) is 11.7. The van der Waals surface area contributed by atoms with Crippen LogP contribution in [0, 0.1) is 11.8 Å². The fourth-order valence-electron chi connectivity index (χ4n) is 3.89. The summed E-state index contributed by atoms with van der Waals surface area (Å²) in [6.45, 7) is 15.9. The van der Waals surface area contributed by atoms with Crippen molar-refractivity contribution in [3.8, 4) is 11.5 Å². The van der Waals surface area contributed by atoms with Gasteiger partial charge in [-0.3, -0.25) is 9.59 Å². The summed E-state index contributed by atoms with van der Waals surface area (Å²) < 4.78 is 10.2. The van der Waals surface area contributed by atoms with Crippen LogP contribution in [0.2, 0.25) is 0 Å². The van der Waals surface area contributed by atoms with Gasteiger partial charge in [0.25, 0.3) is 0 Å². The van der Waals surface area contributed by atoms with Gasteiger partial charge >= 0.3 is 11.9 Å². The number of benzene rings is 1. The zero-order valence-electron chi connectivity index (χ0n) is 21.1. The van der Waals surface area contributed by atoms with Crippen LogP contribution in [0.3, 0.4) is 0 Å². The number of esters is 2. The Morgan fingerprint density at radius 2 is 1.09 bits per heavy atom. The summed E-state index contributed by atoms with van der Waals surface area (Å²) in [7, 11) is 0. The standard InChI is InChI=1S/C26H42O6/c1-9-31-23(29)17(3)11-13-25(5,6)19-15-22(28)20(16-21(19)27)26(7,8)14-12-18(4)24(30)32-10-2/h15-18,27-28H,9-14H2,1-8H3. The molecule has 0 aliphatic rings. The summed E-state index contributed by atoms with van der Waals surface area (Å²) in [4.78, 5) is 23.8. The molecule has 1 aromatic carbocycles. The summed E-state index contributed by atoms with van der Waals surface area (Å²) in [6.07, 6.45) is 2.54. The van der Waals surface area contributed by atoms with Crippen molar-refractivity contribution >= 4 is 11.9 Å². The van der Waals surface area contributed by atoms with E-state index in [0.717, 1.165) is 0 Å². The topological polar surface area (TPSA) is 93.1 Å². The molecule has 0 spiro atoms. The largest absolute Gasteiger partial charge is 0.508 e. The molecule has 1 rings (SSSR count). The van der Waals surface area contributed by atoms with Crippen molar-refractivity contribution in [2.45, 2.75) is 91.9 Å². The number of rotatable bonds is 12. The molecule has 182 valence electrons. The molecule has 2 atom stereocenters. The normalized spacial score (nSPS) is 14.0. The smallest absolute Gasteiger partial charge is 0.308 e. The van der Waals surface area contributed by atoms with Crippen LogP contribution >= 0.6 is 0 Å². The van der Waals surface area contributed by atoms with Crippen LogP contribution in [0.15, 0.2) is 12.1 Å². The molecule has 6 nitrogen and oxygen atoms in total. The van der Waals surface area contributed by atoms with E-state index in [1.165, 1.54) is 0 Å². The second kappa shape index (κ2) is 11.6. The maximum Gasteiger partial charge on any atom is 0.308 e. The van der Waals surface area contributed by atoms with Gasteiger partial charge < -0.3 is 19.7 Å². The Kier molecular flexibility index (Phi) is 10.1. The van der Waals surface area contributed by atoms with Crippen molar-refractivity contribution in [3.05, 3.63) is 23.3 Å². The number of phenolic OH excluding ortho intramolecular Hbond substituents is 2. The van der Waals surface area contributed by atoms with Gasteiger partial charge in [0.15, 0.2) is 0 Å². The Bertz CT molecular complexity index is 715. The molecule has 0 radical (unpaired) electrons. The number of hydrogen-bond acceptors (Lipinski definition) is 6. The van der Waals surface area contributed by atoms with E-state index in [2.05, 4.69) is 0 Å². The van der Waals surface area contributed by atoms with Crippen LogP contribution in [-0.4, -0.2) is 35.4 Å². The zero-order valence-corrected chi connectivity index (χ0v) is 21.1. The third-order valence-corrected chi connectivity index (χ3v) is 6.35. The van der Waals surface area contributed by atoms with Crippen molar-refractivity contribution in [2.75, 3.05) is 13.2 Å². The molecule has 6 heteroatoms. The molecule has 0 saturated heterocycles. The lowest BCUT2D eigenvalue weighted by atomic mass is 9.74. The number of carbonyl (C=O) groups is 2. The Morgan fingerprint density at radius 1 is 0.781 bits per heavy atom. The Labute approximate surface area is 193 Å². The van der Waals surface area contributed by atoms with Gasteiger partial charge in [-0.15, -0.1) is 0 Å². The summed E-state index contributed by atoms with van der Waals surface area (Å²) in [5.74, 6) is -0.653. The molecule has 0 fully saturated rings. The molecular formula is C26H42O6. The molecule has 0 saturated carbocycles. The van der Waals surface area contributed by atoms with Gasteiger partial charge in [-0.1, -0.05) is 41.5 Å². The minimum absolute atomic E-state index is 0.123. The number of phenols is 2. The lowest BCUT2D eigenvalue weighted by Gasteiger charge is -2.31. The van der Waals surface area contributed by atoms with Crippen molar-refractivity contribution in [1.29, 1.82) is 0 Å². The highest BCUT2D eigenvalue weighted by Gasteiger charge is 2.31. The van der Waals surface area contributed by atoms with E-state index in [0.29, 0.717) is 50.0 Å². The molecule has 2 unspecified atom stereocenters. The number of hydrogen-bond donors (Lipinski definition) is 2. The maximum atomic E-state index is 11.9. The maximum absolute atomic E-state index is 11.9. The van der Waals surface area contributed by atoms with Gasteiger partial charge in [0.05, 0.1) is 25.0 Å². The fourth-order valence-corrected chi connectivity index (χ4v) is 3.89. The first kappa shape index (κ1) is 27.8. The number of carbonyl (C=O) groups excluding carboxylic acids is 2. The lowest BCUT2D eigenvalue weighted by molar-refractivity contribution is -0.148. The predicted octanol–water partition coefficient (Wildman–Crippen LogP) is 5.61. The van der Waals surface area contributed by atoms with Gasteiger partial charge in [-0.2, -0.15) is 0 Å². The van der Waals surface area contributed by atoms with Crippen molar-refractivity contribution in [2.24, 2.45) is 11.8 Å². The highest BCUT2D eigenvalue weighted by atomic mass is 16.5. The Balaban J connectivity index is 2.99. The molecule has 0 amide bonds. The number of ether oxygens (including phenoxy) is 2. The number of aromatic hydroxyl groups is 2. The Morgan fingerprint density at radius 3 is 1.38 bits per heavy atom. The van der Waals surface area contributed by atoms with Gasteiger partial charge in [-0.05, 0) is 62.5 Å². The van der Waals surface area contributed by atoms with E-state index in [4.69, 9.17) is 9.47 Å². The van der Waals surface area contributed by atoms with Crippen molar-refractivity contribution in [1.82, 2.24) is 0 Å². The van der Waals surface area contributed by atoms with Crippen LogP contribution in [0.5, 0.6) is 11.5 Å². The van der Waals surface area contributed by atoms with Crippen molar-refractivity contribution < 1.29 is 29.3 Å². The molecule has 32 heavy (non-hydrogen) atoms. The predicted molar refractivity (Wildman–Crippen MR) is 126 cm³/mol. The van der Waals surface area contributed by atoms with E-state index < -0.39 is 10.8 Å². The monoisotopic (exact) mass is 450 g/mol. The zero-order chi connectivity index (χ0) is 24.7. The first-order chi connectivity index (χ1) is 14.8. The molecule has 0 aromatic heterocycles. The van der Waals surface area contributed by atoms with Gasteiger partial charge in [0.2, 0.25) is 0 Å². The SMILES string of the molecule is CCOC(=O)C(C)CCC(C)(C)c1cc(O)c(C(C)(C)CCC(C)C(=O)OCC)cc1O. The van der Waals surface area contributed by atoms with E-state index in [1.807, 2.05) is 41.5 Å². The minimum atomic E-state index is -0.441. The van der Waals surface area contributed by atoms with Crippen LogP contribution in [0.1, 0.15) is 92.2 Å². The van der Waals surface area contributed by atoms with Crippen LogP contribution < -0.4 is 0 Å². The molecule has 2 N–H and O–H groups in total. The van der Waals surface area contributed by atoms with Gasteiger partial charge in [0.1, 0.15) is 11.5 Å². The van der Waals surface area contributed by atoms with E-state index in [1.54, 1.807) is 26.0 Å². The lowest BCUT2D eigenvalue weighted by Crippen LogP contribution is -2.24. The highest BCUT2D eigenvalue weighted by Crippen LogP contribution is 2.44. The first-order valence-corrected chi connectivity index (χ1v) is 11.7. The summed E-state index contributed by atoms with van der Waals surface area (Å²) in [6, 6.07) is 3.27. The minimum Gasteiger partial charge on any atom is -0.508 e. The molecule has 1 aromatic rings. The summed E-state index contributed by atoms with van der Waals surface area (Å²) >= 11 is 0. The van der Waals surface area contributed by atoms with E-state index in [9.17, 15) is 19.8 Å². The summed E-state index contributed by atoms with van der Waals surface area (Å²) in [5, 5.41) is 21.7. The Hall–Kier alpha value is -2.24. The van der Waals surface area contributed by atoms with Gasteiger partial charge in [-0.25, -0.2) is 0 Å². The second-order valence-corrected chi connectivity index (χ2v) is 10.0. The highest BCUT2D eigenvalue weighted by molar-refractivity contribution is 5.72. The van der Waals surface area contributed by atoms with Crippen molar-refractivity contribution in [3.63, 3.8) is 0 Å². The van der Waals surface area contributed by atoms with E-state index >= 15 is 0 Å². The van der Waals surface area contributed by atoms with Crippen LogP contribution in [0.4, 0.5) is 0 Å². The molecule has 0 aliphatic heterocycles. The van der Waals surface area contributed by atoms with E-state index in [-0.39, 0.29) is 35.3 Å². The van der Waals surface area contributed by atoms with Gasteiger partial charge in [0, 0.05) is 11.1 Å². The third kappa shape index (κ3) is 7.42. The molecule has 0 heterocycles. The average Bonchev–Trinajstić information content (AvgIpc) is 2.71. The fraction of sp³-hybridized carbons (Fsp3) is 0.692. The third-order valence-electron chi connectivity index (χ3n) is 6.35. The van der Waals surface area contributed by atoms with Crippen LogP contribution in [0.25, 0.3) is 0 Å². The molecular weight excluding hydrogens is 408 g/mol. The quantitative estimate of drug-likeness (QED) is 0.317. The second-order valence-electron chi connectivity index (χ2n) is 10.0. The molecule has 0 aliphatic carbocycles. The average molecular weight is 451 g/mol. The molecule has 0 bridgehead atoms. The van der Waals surface area contributed by atoms with Crippen LogP contribution in [-0.2, 0) is 29.9 Å².